The van der Waals surface area contributed by atoms with Crippen LogP contribution in [0.5, 0.6) is 0 Å². The summed E-state index contributed by atoms with van der Waals surface area (Å²) in [6, 6.07) is 0. The molecule has 0 saturated heterocycles. The highest BCUT2D eigenvalue weighted by molar-refractivity contribution is 7.09. The second-order valence-corrected chi connectivity index (χ2v) is 5.16. The molecule has 0 N–H and O–H groups in total. The summed E-state index contributed by atoms with van der Waals surface area (Å²) in [5.41, 5.74) is 1.19. The second-order valence-electron chi connectivity index (χ2n) is 4.30. The molecule has 1 aromatic rings. The molecule has 0 radical (unpaired) electrons. The molecular weight excluding hydrogens is 206 g/mol. The summed E-state index contributed by atoms with van der Waals surface area (Å²) in [6.07, 6.45) is 7.09. The van der Waals surface area contributed by atoms with Gasteiger partial charge < -0.3 is 4.74 Å². The van der Waals surface area contributed by atoms with Gasteiger partial charge in [0.1, 0.15) is 10.6 Å². The maximum Gasteiger partial charge on any atom is 0.125 e. The molecule has 1 saturated carbocycles. The van der Waals surface area contributed by atoms with Crippen LogP contribution in [0, 0.1) is 0 Å². The first-order valence-electron chi connectivity index (χ1n) is 5.81. The van der Waals surface area contributed by atoms with Gasteiger partial charge in [-0.3, -0.25) is 0 Å². The molecule has 1 aromatic heterocycles. The summed E-state index contributed by atoms with van der Waals surface area (Å²) < 4.78 is 5.72. The Morgan fingerprint density at radius 1 is 1.47 bits per heavy atom. The quantitative estimate of drug-likeness (QED) is 0.782. The Kier molecular flexibility index (Phi) is 3.42. The van der Waals surface area contributed by atoms with Crippen molar-refractivity contribution in [1.29, 1.82) is 0 Å². The van der Waals surface area contributed by atoms with Gasteiger partial charge in [-0.15, -0.1) is 11.3 Å². The lowest BCUT2D eigenvalue weighted by molar-refractivity contribution is -0.00896. The first-order valence-corrected chi connectivity index (χ1v) is 6.69. The molecule has 0 aliphatic heterocycles. The van der Waals surface area contributed by atoms with Crippen molar-refractivity contribution in [2.45, 2.75) is 51.0 Å². The highest BCUT2D eigenvalue weighted by Crippen LogP contribution is 2.42. The molecule has 1 heterocycles. The van der Waals surface area contributed by atoms with E-state index in [1.165, 1.54) is 30.0 Å². The molecule has 3 heteroatoms. The van der Waals surface area contributed by atoms with Crippen LogP contribution in [0.4, 0.5) is 0 Å². The normalized spacial score (nSPS) is 19.6. The van der Waals surface area contributed by atoms with E-state index in [-0.39, 0.29) is 5.60 Å². The molecule has 0 amide bonds. The van der Waals surface area contributed by atoms with E-state index >= 15 is 0 Å². The van der Waals surface area contributed by atoms with Crippen LogP contribution >= 0.6 is 11.3 Å². The van der Waals surface area contributed by atoms with E-state index in [0.29, 0.717) is 0 Å². The Hall–Kier alpha value is -0.410. The average Bonchev–Trinajstić information content (AvgIpc) is 2.86. The summed E-state index contributed by atoms with van der Waals surface area (Å²) in [4.78, 5) is 4.72. The summed E-state index contributed by atoms with van der Waals surface area (Å²) in [7, 11) is 1.83. The Morgan fingerprint density at radius 2 is 2.20 bits per heavy atom. The van der Waals surface area contributed by atoms with Gasteiger partial charge in [-0.1, -0.05) is 26.2 Å². The molecule has 0 aromatic carbocycles. The maximum absolute atomic E-state index is 5.72. The summed E-state index contributed by atoms with van der Waals surface area (Å²) in [6.45, 7) is 2.20. The summed E-state index contributed by atoms with van der Waals surface area (Å²) in [5, 5.41) is 3.39. The van der Waals surface area contributed by atoms with Gasteiger partial charge in [0.2, 0.25) is 0 Å². The third kappa shape index (κ3) is 2.08. The number of hydrogen-bond donors (Lipinski definition) is 0. The fraction of sp³-hybridized carbons (Fsp3) is 0.750. The van der Waals surface area contributed by atoms with Crippen molar-refractivity contribution in [3.05, 3.63) is 16.1 Å². The van der Waals surface area contributed by atoms with E-state index in [1.54, 1.807) is 11.3 Å². The van der Waals surface area contributed by atoms with E-state index in [4.69, 9.17) is 9.72 Å². The fourth-order valence-corrected chi connectivity index (χ4v) is 3.43. The van der Waals surface area contributed by atoms with E-state index in [2.05, 4.69) is 12.3 Å². The predicted molar refractivity (Wildman–Crippen MR) is 63.3 cm³/mol. The smallest absolute Gasteiger partial charge is 0.125 e. The predicted octanol–water partition coefficient (Wildman–Crippen LogP) is 3.51. The first-order chi connectivity index (χ1) is 7.30. The highest BCUT2D eigenvalue weighted by Gasteiger charge is 2.38. The molecule has 1 fully saturated rings. The Morgan fingerprint density at radius 3 is 2.80 bits per heavy atom. The van der Waals surface area contributed by atoms with Crippen molar-refractivity contribution in [1.82, 2.24) is 4.98 Å². The standard InChI is InChI=1S/C12H19NOS/c1-3-6-10-9-15-11(13-10)12(14-2)7-4-5-8-12/h9H,3-8H2,1-2H3. The second kappa shape index (κ2) is 4.62. The number of nitrogens with zero attached hydrogens (tertiary/aromatic N) is 1. The van der Waals surface area contributed by atoms with E-state index in [9.17, 15) is 0 Å². The monoisotopic (exact) mass is 225 g/mol. The molecule has 84 valence electrons. The van der Waals surface area contributed by atoms with Crippen molar-refractivity contribution in [2.75, 3.05) is 7.11 Å². The van der Waals surface area contributed by atoms with Gasteiger partial charge in [0.15, 0.2) is 0 Å². The topological polar surface area (TPSA) is 22.1 Å². The van der Waals surface area contributed by atoms with Crippen LogP contribution < -0.4 is 0 Å². The van der Waals surface area contributed by atoms with Gasteiger partial charge in [0.25, 0.3) is 0 Å². The Balaban J connectivity index is 2.19. The Labute approximate surface area is 95.7 Å². The number of hydrogen-bond acceptors (Lipinski definition) is 3. The van der Waals surface area contributed by atoms with Crippen LogP contribution in [-0.2, 0) is 16.8 Å². The molecule has 1 aliphatic carbocycles. The lowest BCUT2D eigenvalue weighted by Crippen LogP contribution is -2.24. The zero-order chi connectivity index (χ0) is 10.7. The van der Waals surface area contributed by atoms with Crippen LogP contribution in [0.3, 0.4) is 0 Å². The minimum absolute atomic E-state index is 0.0450. The summed E-state index contributed by atoms with van der Waals surface area (Å²) >= 11 is 1.77. The van der Waals surface area contributed by atoms with Gasteiger partial charge >= 0.3 is 0 Å². The van der Waals surface area contributed by atoms with Crippen LogP contribution in [0.25, 0.3) is 0 Å². The zero-order valence-electron chi connectivity index (χ0n) is 9.58. The highest BCUT2D eigenvalue weighted by atomic mass is 32.1. The number of ether oxygens (including phenoxy) is 1. The number of aryl methyl sites for hydroxylation is 1. The molecule has 0 bridgehead atoms. The van der Waals surface area contributed by atoms with Crippen molar-refractivity contribution in [3.8, 4) is 0 Å². The largest absolute Gasteiger partial charge is 0.371 e. The number of rotatable bonds is 4. The SMILES string of the molecule is CCCc1csc(C2(OC)CCCC2)n1. The van der Waals surface area contributed by atoms with Crippen molar-refractivity contribution in [2.24, 2.45) is 0 Å². The first kappa shape index (κ1) is 11.1. The molecule has 1 aliphatic rings. The molecular formula is C12H19NOS. The summed E-state index contributed by atoms with van der Waals surface area (Å²) in [5.74, 6) is 0. The van der Waals surface area contributed by atoms with Crippen molar-refractivity contribution < 1.29 is 4.74 Å². The molecule has 0 atom stereocenters. The molecule has 2 rings (SSSR count). The minimum atomic E-state index is -0.0450. The lowest BCUT2D eigenvalue weighted by atomic mass is 10.0. The van der Waals surface area contributed by atoms with Crippen molar-refractivity contribution in [3.63, 3.8) is 0 Å². The van der Waals surface area contributed by atoms with Crippen LogP contribution in [0.15, 0.2) is 5.38 Å². The average molecular weight is 225 g/mol. The van der Waals surface area contributed by atoms with Gasteiger partial charge in [0, 0.05) is 12.5 Å². The van der Waals surface area contributed by atoms with Gasteiger partial charge in [-0.05, 0) is 19.3 Å². The Bertz CT molecular complexity index is 315. The molecule has 2 nitrogen and oxygen atoms in total. The minimum Gasteiger partial charge on any atom is -0.371 e. The number of aromatic nitrogens is 1. The van der Waals surface area contributed by atoms with E-state index in [0.717, 1.165) is 19.3 Å². The molecule has 0 unspecified atom stereocenters. The molecule has 0 spiro atoms. The lowest BCUT2D eigenvalue weighted by Gasteiger charge is -2.24. The number of thiazole rings is 1. The van der Waals surface area contributed by atoms with Crippen LogP contribution in [-0.4, -0.2) is 12.1 Å². The third-order valence-electron chi connectivity index (χ3n) is 3.25. The van der Waals surface area contributed by atoms with Gasteiger partial charge in [-0.25, -0.2) is 4.98 Å². The zero-order valence-corrected chi connectivity index (χ0v) is 10.4. The fourth-order valence-electron chi connectivity index (χ4n) is 2.34. The van der Waals surface area contributed by atoms with Gasteiger partial charge in [-0.2, -0.15) is 0 Å². The third-order valence-corrected chi connectivity index (χ3v) is 4.33. The van der Waals surface area contributed by atoms with Gasteiger partial charge in [0.05, 0.1) is 5.69 Å². The number of methoxy groups -OCH3 is 1. The van der Waals surface area contributed by atoms with E-state index < -0.39 is 0 Å². The maximum atomic E-state index is 5.72. The van der Waals surface area contributed by atoms with Crippen LogP contribution in [0.2, 0.25) is 0 Å². The van der Waals surface area contributed by atoms with Crippen molar-refractivity contribution >= 4 is 11.3 Å². The molecule has 15 heavy (non-hydrogen) atoms. The van der Waals surface area contributed by atoms with Crippen LogP contribution in [0.1, 0.15) is 49.7 Å². The van der Waals surface area contributed by atoms with E-state index in [1.807, 2.05) is 7.11 Å².